The third-order valence-electron chi connectivity index (χ3n) is 3.77. The molecule has 1 aromatic carbocycles. The van der Waals surface area contributed by atoms with Gasteiger partial charge in [0.05, 0.1) is 11.4 Å². The lowest BCUT2D eigenvalue weighted by molar-refractivity contribution is -0.122. The molecule has 0 aromatic heterocycles. The maximum Gasteiger partial charge on any atom is 0.224 e. The first kappa shape index (κ1) is 20.9. The molecule has 1 atom stereocenters. The van der Waals surface area contributed by atoms with Gasteiger partial charge in [-0.05, 0) is 37.0 Å². The van der Waals surface area contributed by atoms with Crippen molar-refractivity contribution in [2.24, 2.45) is 11.7 Å². The van der Waals surface area contributed by atoms with Crippen LogP contribution in [0.2, 0.25) is 5.02 Å². The van der Waals surface area contributed by atoms with Crippen LogP contribution in [0.15, 0.2) is 12.1 Å². The first-order valence-electron chi connectivity index (χ1n) is 7.92. The Balaban J connectivity index is 0.00000288. The van der Waals surface area contributed by atoms with E-state index in [9.17, 15) is 4.79 Å². The van der Waals surface area contributed by atoms with E-state index in [0.29, 0.717) is 42.2 Å². The largest absolute Gasteiger partial charge is 0.486 e. The monoisotopic (exact) mass is 376 g/mol. The molecule has 3 N–H and O–H groups in total. The molecule has 7 heteroatoms. The molecule has 0 aliphatic carbocycles. The number of rotatable bonds is 6. The fraction of sp³-hybridized carbons (Fsp3) is 0.588. The van der Waals surface area contributed by atoms with Crippen molar-refractivity contribution in [1.82, 2.24) is 5.32 Å². The van der Waals surface area contributed by atoms with Crippen LogP contribution >= 0.6 is 24.0 Å². The van der Waals surface area contributed by atoms with Gasteiger partial charge in [-0.3, -0.25) is 4.79 Å². The smallest absolute Gasteiger partial charge is 0.224 e. The van der Waals surface area contributed by atoms with Gasteiger partial charge in [0.2, 0.25) is 5.91 Å². The molecule has 5 nitrogen and oxygen atoms in total. The minimum absolute atomic E-state index is 0. The molecule has 2 rings (SSSR count). The zero-order chi connectivity index (χ0) is 17.0. The van der Waals surface area contributed by atoms with Crippen molar-refractivity contribution in [2.75, 3.05) is 19.8 Å². The van der Waals surface area contributed by atoms with Crippen LogP contribution in [0.3, 0.4) is 0 Å². The Labute approximate surface area is 154 Å². The summed E-state index contributed by atoms with van der Waals surface area (Å²) in [7, 11) is 0. The summed E-state index contributed by atoms with van der Waals surface area (Å²) in [6.45, 7) is 7.57. The molecule has 0 radical (unpaired) electrons. The van der Waals surface area contributed by atoms with Crippen LogP contribution < -0.4 is 20.5 Å². The van der Waals surface area contributed by atoms with E-state index in [4.69, 9.17) is 26.8 Å². The highest BCUT2D eigenvalue weighted by molar-refractivity contribution is 6.32. The van der Waals surface area contributed by atoms with Crippen LogP contribution in [0.1, 0.15) is 32.8 Å². The first-order valence-corrected chi connectivity index (χ1v) is 8.30. The second kappa shape index (κ2) is 8.79. The maximum absolute atomic E-state index is 12.4. The number of benzene rings is 1. The number of carbonyl (C=O) groups excluding carboxylic acids is 1. The predicted octanol–water partition coefficient (Wildman–Crippen LogP) is 2.96. The Hall–Kier alpha value is -1.17. The summed E-state index contributed by atoms with van der Waals surface area (Å²) in [5.74, 6) is 1.52. The molecule has 1 aliphatic heterocycles. The van der Waals surface area contributed by atoms with Gasteiger partial charge >= 0.3 is 0 Å². The number of fused-ring (bicyclic) bond motifs is 1. The van der Waals surface area contributed by atoms with Crippen molar-refractivity contribution < 1.29 is 14.3 Å². The summed E-state index contributed by atoms with van der Waals surface area (Å²) in [6.07, 6.45) is 1.06. The third kappa shape index (κ3) is 5.43. The zero-order valence-corrected chi connectivity index (χ0v) is 15.9. The Morgan fingerprint density at radius 3 is 2.67 bits per heavy atom. The summed E-state index contributed by atoms with van der Waals surface area (Å²) >= 11 is 6.20. The highest BCUT2D eigenvalue weighted by atomic mass is 35.5. The summed E-state index contributed by atoms with van der Waals surface area (Å²) in [5, 5.41) is 3.51. The van der Waals surface area contributed by atoms with Crippen molar-refractivity contribution in [3.8, 4) is 11.5 Å². The molecule has 136 valence electrons. The average Bonchev–Trinajstić information content (AvgIpc) is 2.46. The van der Waals surface area contributed by atoms with E-state index in [2.05, 4.69) is 19.2 Å². The predicted molar refractivity (Wildman–Crippen MR) is 98.5 cm³/mol. The van der Waals surface area contributed by atoms with Crippen LogP contribution in [0.4, 0.5) is 0 Å². The lowest BCUT2D eigenvalue weighted by Gasteiger charge is -2.31. The van der Waals surface area contributed by atoms with Gasteiger partial charge in [0.25, 0.3) is 0 Å². The maximum atomic E-state index is 12.4. The van der Waals surface area contributed by atoms with Gasteiger partial charge in [-0.2, -0.15) is 0 Å². The van der Waals surface area contributed by atoms with Gasteiger partial charge in [0.15, 0.2) is 11.5 Å². The molecular weight excluding hydrogens is 351 g/mol. The normalized spacial score (nSPS) is 15.4. The van der Waals surface area contributed by atoms with E-state index >= 15 is 0 Å². The Morgan fingerprint density at radius 2 is 2.04 bits per heavy atom. The Bertz CT molecular complexity index is 581. The number of amides is 1. The number of carbonyl (C=O) groups is 1. The lowest BCUT2D eigenvalue weighted by atomic mass is 9.90. The van der Waals surface area contributed by atoms with E-state index in [1.807, 2.05) is 13.0 Å². The number of nitrogens with one attached hydrogen (secondary N) is 1. The Morgan fingerprint density at radius 1 is 1.38 bits per heavy atom. The van der Waals surface area contributed by atoms with Gasteiger partial charge in [-0.1, -0.05) is 25.4 Å². The fourth-order valence-corrected chi connectivity index (χ4v) is 3.21. The SMILES string of the molecule is CC(C)CC(C)(CN)NC(=O)Cc1cc(Cl)c2c(c1)OCCO2.Cl. The number of ether oxygens (including phenoxy) is 2. The molecule has 0 saturated carbocycles. The molecule has 0 spiro atoms. The van der Waals surface area contributed by atoms with Crippen molar-refractivity contribution in [3.63, 3.8) is 0 Å². The number of hydrogen-bond donors (Lipinski definition) is 2. The number of halogens is 2. The highest BCUT2D eigenvalue weighted by Crippen LogP contribution is 2.38. The molecule has 1 unspecified atom stereocenters. The number of nitrogens with two attached hydrogens (primary N) is 1. The molecule has 1 amide bonds. The summed E-state index contributed by atoms with van der Waals surface area (Å²) < 4.78 is 11.0. The number of hydrogen-bond acceptors (Lipinski definition) is 4. The van der Waals surface area contributed by atoms with Crippen LogP contribution in [0.5, 0.6) is 11.5 Å². The van der Waals surface area contributed by atoms with Crippen molar-refractivity contribution in [1.29, 1.82) is 0 Å². The summed E-state index contributed by atoms with van der Waals surface area (Å²) in [6, 6.07) is 3.55. The van der Waals surface area contributed by atoms with E-state index < -0.39 is 5.54 Å². The summed E-state index contributed by atoms with van der Waals surface area (Å²) in [4.78, 5) is 12.4. The third-order valence-corrected chi connectivity index (χ3v) is 4.05. The molecule has 1 aliphatic rings. The highest BCUT2D eigenvalue weighted by Gasteiger charge is 2.26. The average molecular weight is 377 g/mol. The lowest BCUT2D eigenvalue weighted by Crippen LogP contribution is -2.52. The molecule has 0 bridgehead atoms. The first-order chi connectivity index (χ1) is 10.8. The van der Waals surface area contributed by atoms with Gasteiger partial charge in [0.1, 0.15) is 13.2 Å². The Kier molecular flexibility index (Phi) is 7.64. The fourth-order valence-electron chi connectivity index (χ4n) is 2.92. The van der Waals surface area contributed by atoms with E-state index in [0.717, 1.165) is 12.0 Å². The quantitative estimate of drug-likeness (QED) is 0.800. The van der Waals surface area contributed by atoms with Crippen molar-refractivity contribution >= 4 is 29.9 Å². The van der Waals surface area contributed by atoms with Crippen LogP contribution in [0.25, 0.3) is 0 Å². The second-order valence-electron chi connectivity index (χ2n) is 6.69. The van der Waals surface area contributed by atoms with E-state index in [1.54, 1.807) is 6.07 Å². The van der Waals surface area contributed by atoms with Gasteiger partial charge in [-0.15, -0.1) is 12.4 Å². The van der Waals surface area contributed by atoms with Gasteiger partial charge < -0.3 is 20.5 Å². The van der Waals surface area contributed by atoms with Crippen molar-refractivity contribution in [3.05, 3.63) is 22.7 Å². The summed E-state index contributed by atoms with van der Waals surface area (Å²) in [5.41, 5.74) is 6.23. The minimum Gasteiger partial charge on any atom is -0.486 e. The van der Waals surface area contributed by atoms with E-state index in [-0.39, 0.29) is 24.7 Å². The second-order valence-corrected chi connectivity index (χ2v) is 7.10. The molecule has 0 saturated heterocycles. The van der Waals surface area contributed by atoms with Crippen molar-refractivity contribution in [2.45, 2.75) is 39.2 Å². The standard InChI is InChI=1S/C17H25ClN2O3.ClH/c1-11(2)9-17(3,10-19)20-15(21)8-12-6-13(18)16-14(7-12)22-4-5-23-16;/h6-7,11H,4-5,8-10,19H2,1-3H3,(H,20,21);1H. The van der Waals surface area contributed by atoms with E-state index in [1.165, 1.54) is 0 Å². The minimum atomic E-state index is -0.400. The zero-order valence-electron chi connectivity index (χ0n) is 14.4. The van der Waals surface area contributed by atoms with Crippen LogP contribution in [-0.2, 0) is 11.2 Å². The van der Waals surface area contributed by atoms with Crippen LogP contribution in [-0.4, -0.2) is 31.2 Å². The molecular formula is C17H26Cl2N2O3. The molecule has 0 fully saturated rings. The topological polar surface area (TPSA) is 73.6 Å². The van der Waals surface area contributed by atoms with Gasteiger partial charge in [-0.25, -0.2) is 0 Å². The molecule has 1 aromatic rings. The van der Waals surface area contributed by atoms with Crippen LogP contribution in [0, 0.1) is 5.92 Å². The van der Waals surface area contributed by atoms with Gasteiger partial charge in [0, 0.05) is 12.1 Å². The molecule has 24 heavy (non-hydrogen) atoms. The molecule has 1 heterocycles.